The lowest BCUT2D eigenvalue weighted by Crippen LogP contribution is -2.19. The van der Waals surface area contributed by atoms with Crippen molar-refractivity contribution in [3.8, 4) is 17.1 Å². The topological polar surface area (TPSA) is 86.0 Å². The molecule has 8 heteroatoms. The second kappa shape index (κ2) is 9.01. The Labute approximate surface area is 180 Å². The molecule has 158 valence electrons. The molecule has 0 amide bonds. The molecule has 0 aliphatic rings. The molecule has 0 saturated carbocycles. The van der Waals surface area contributed by atoms with Gasteiger partial charge in [0.15, 0.2) is 5.78 Å². The van der Waals surface area contributed by atoms with Gasteiger partial charge in [-0.15, -0.1) is 0 Å². The molecule has 0 aliphatic heterocycles. The molecule has 0 saturated heterocycles. The van der Waals surface area contributed by atoms with E-state index in [0.717, 1.165) is 28.7 Å². The van der Waals surface area contributed by atoms with E-state index in [1.807, 2.05) is 50.4 Å². The minimum Gasteiger partial charge on any atom is -0.476 e. The molecule has 8 nitrogen and oxygen atoms in total. The summed E-state index contributed by atoms with van der Waals surface area (Å²) < 4.78 is 7.38. The Morgan fingerprint density at radius 2 is 2.00 bits per heavy atom. The summed E-state index contributed by atoms with van der Waals surface area (Å²) in [7, 11) is 5.82. The molecule has 0 aromatic carbocycles. The maximum Gasteiger partial charge on any atom is 0.213 e. The van der Waals surface area contributed by atoms with Gasteiger partial charge in [0.25, 0.3) is 0 Å². The number of aryl methyl sites for hydroxylation is 1. The first-order valence-electron chi connectivity index (χ1n) is 9.99. The van der Waals surface area contributed by atoms with Crippen LogP contribution in [0.1, 0.15) is 16.1 Å². The van der Waals surface area contributed by atoms with E-state index in [9.17, 15) is 4.79 Å². The van der Waals surface area contributed by atoms with Crippen molar-refractivity contribution in [1.82, 2.24) is 29.6 Å². The molecule has 0 aliphatic carbocycles. The Bertz CT molecular complexity index is 1220. The number of pyridine rings is 3. The minimum absolute atomic E-state index is 0.0462. The number of likely N-dealkylation sites (N-methyl/N-ethyl adjacent to an activating group) is 1. The van der Waals surface area contributed by atoms with E-state index in [1.165, 1.54) is 0 Å². The van der Waals surface area contributed by atoms with Crippen LogP contribution in [-0.2, 0) is 13.5 Å². The van der Waals surface area contributed by atoms with E-state index in [2.05, 4.69) is 15.1 Å². The summed E-state index contributed by atoms with van der Waals surface area (Å²) in [5, 5.41) is 5.12. The number of carbonyl (C=O) groups excluding carboxylic acids is 1. The molecule has 0 N–H and O–H groups in total. The average molecular weight is 416 g/mol. The fourth-order valence-electron chi connectivity index (χ4n) is 3.13. The third kappa shape index (κ3) is 5.10. The Kier molecular flexibility index (Phi) is 5.99. The van der Waals surface area contributed by atoms with Gasteiger partial charge in [0.1, 0.15) is 6.61 Å². The molecule has 0 unspecified atom stereocenters. The van der Waals surface area contributed by atoms with Crippen molar-refractivity contribution in [2.75, 3.05) is 27.2 Å². The maximum atomic E-state index is 12.8. The maximum absolute atomic E-state index is 12.8. The molecule has 0 bridgehead atoms. The van der Waals surface area contributed by atoms with Crippen molar-refractivity contribution in [2.24, 2.45) is 7.05 Å². The summed E-state index contributed by atoms with van der Waals surface area (Å²) in [6.07, 6.45) is 7.22. The summed E-state index contributed by atoms with van der Waals surface area (Å²) in [4.78, 5) is 28.2. The summed E-state index contributed by atoms with van der Waals surface area (Å²) in [6, 6.07) is 9.16. The molecule has 4 aromatic rings. The Hall–Kier alpha value is -3.65. The number of ketones is 1. The lowest BCUT2D eigenvalue weighted by atomic mass is 10.1. The molecule has 31 heavy (non-hydrogen) atoms. The van der Waals surface area contributed by atoms with Crippen LogP contribution in [0.15, 0.2) is 55.1 Å². The predicted octanol–water partition coefficient (Wildman–Crippen LogP) is 2.79. The normalized spacial score (nSPS) is 11.2. The lowest BCUT2D eigenvalue weighted by Gasteiger charge is -2.10. The average Bonchev–Trinajstić information content (AvgIpc) is 3.19. The Balaban J connectivity index is 1.50. The molecule has 0 spiro atoms. The number of Topliss-reactive ketones (excluding diaryl/α,β-unsaturated/α-hetero) is 1. The number of fused-ring (bicyclic) bond motifs is 1. The minimum atomic E-state index is -0.0462. The van der Waals surface area contributed by atoms with Crippen LogP contribution in [0.25, 0.3) is 22.2 Å². The van der Waals surface area contributed by atoms with Crippen molar-refractivity contribution < 1.29 is 9.53 Å². The second-order valence-electron chi connectivity index (χ2n) is 7.60. The van der Waals surface area contributed by atoms with Gasteiger partial charge in [0.2, 0.25) is 5.88 Å². The largest absolute Gasteiger partial charge is 0.476 e. The molecule has 4 aromatic heterocycles. The van der Waals surface area contributed by atoms with Gasteiger partial charge in [-0.05, 0) is 38.4 Å². The van der Waals surface area contributed by atoms with Crippen LogP contribution in [0.3, 0.4) is 0 Å². The smallest absolute Gasteiger partial charge is 0.213 e. The highest BCUT2D eigenvalue weighted by Crippen LogP contribution is 2.21. The lowest BCUT2D eigenvalue weighted by molar-refractivity contribution is 0.0991. The number of hydrogen-bond acceptors (Lipinski definition) is 7. The Morgan fingerprint density at radius 1 is 1.13 bits per heavy atom. The van der Waals surface area contributed by atoms with E-state index in [1.54, 1.807) is 35.4 Å². The monoisotopic (exact) mass is 416 g/mol. The highest BCUT2D eigenvalue weighted by Gasteiger charge is 2.12. The zero-order chi connectivity index (χ0) is 21.8. The third-order valence-electron chi connectivity index (χ3n) is 4.82. The highest BCUT2D eigenvalue weighted by molar-refractivity contribution is 5.97. The standard InChI is InChI=1S/C23H24N6O2/c1-28(2)8-9-31-23-10-16(6-7-24-23)22(30)12-19-11-21-17(13-25-19)4-5-20(27-21)18-14-26-29(3)15-18/h4-7,10-11,13-15H,8-9,12H2,1-3H3. The van der Waals surface area contributed by atoms with Gasteiger partial charge in [0.05, 0.1) is 29.5 Å². The van der Waals surface area contributed by atoms with E-state index >= 15 is 0 Å². The molecule has 4 heterocycles. The number of rotatable bonds is 8. The van der Waals surface area contributed by atoms with Crippen LogP contribution in [-0.4, -0.2) is 62.7 Å². The third-order valence-corrected chi connectivity index (χ3v) is 4.82. The zero-order valence-electron chi connectivity index (χ0n) is 17.8. The fraction of sp³-hybridized carbons (Fsp3) is 0.261. The van der Waals surface area contributed by atoms with Gasteiger partial charge in [-0.1, -0.05) is 0 Å². The van der Waals surface area contributed by atoms with Gasteiger partial charge in [-0.3, -0.25) is 14.5 Å². The van der Waals surface area contributed by atoms with Crippen molar-refractivity contribution in [2.45, 2.75) is 6.42 Å². The van der Waals surface area contributed by atoms with Crippen molar-refractivity contribution >= 4 is 16.7 Å². The first-order valence-corrected chi connectivity index (χ1v) is 9.99. The molecule has 0 atom stereocenters. The number of carbonyl (C=O) groups is 1. The van der Waals surface area contributed by atoms with E-state index in [0.29, 0.717) is 23.7 Å². The van der Waals surface area contributed by atoms with Crippen molar-refractivity contribution in [3.63, 3.8) is 0 Å². The predicted molar refractivity (Wildman–Crippen MR) is 118 cm³/mol. The number of nitrogens with zero attached hydrogens (tertiary/aromatic N) is 6. The Morgan fingerprint density at radius 3 is 2.77 bits per heavy atom. The van der Waals surface area contributed by atoms with Gasteiger partial charge >= 0.3 is 0 Å². The van der Waals surface area contributed by atoms with E-state index in [-0.39, 0.29) is 12.2 Å². The van der Waals surface area contributed by atoms with Crippen molar-refractivity contribution in [3.05, 3.63) is 66.4 Å². The second-order valence-corrected chi connectivity index (χ2v) is 7.60. The van der Waals surface area contributed by atoms with Gasteiger partial charge in [-0.25, -0.2) is 9.97 Å². The quantitative estimate of drug-likeness (QED) is 0.408. The van der Waals surface area contributed by atoms with Crippen LogP contribution < -0.4 is 4.74 Å². The van der Waals surface area contributed by atoms with E-state index < -0.39 is 0 Å². The van der Waals surface area contributed by atoms with Gasteiger partial charge < -0.3 is 9.64 Å². The zero-order valence-corrected chi connectivity index (χ0v) is 17.8. The highest BCUT2D eigenvalue weighted by atomic mass is 16.5. The first kappa shape index (κ1) is 20.6. The van der Waals surface area contributed by atoms with Crippen molar-refractivity contribution in [1.29, 1.82) is 0 Å². The fourth-order valence-corrected chi connectivity index (χ4v) is 3.13. The number of hydrogen-bond donors (Lipinski definition) is 0. The van der Waals surface area contributed by atoms with E-state index in [4.69, 9.17) is 9.72 Å². The van der Waals surface area contributed by atoms with Crippen LogP contribution in [0.5, 0.6) is 5.88 Å². The van der Waals surface area contributed by atoms with Crippen LogP contribution in [0.2, 0.25) is 0 Å². The SMILES string of the molecule is CN(C)CCOc1cc(C(=O)Cc2cc3nc(-c4cnn(C)c4)ccc3cn2)ccn1. The summed E-state index contributed by atoms with van der Waals surface area (Å²) in [5.41, 5.74) is 3.78. The molecule has 4 rings (SSSR count). The molecule has 0 fully saturated rings. The van der Waals surface area contributed by atoms with Crippen LogP contribution in [0, 0.1) is 0 Å². The summed E-state index contributed by atoms with van der Waals surface area (Å²) in [6.45, 7) is 1.28. The van der Waals surface area contributed by atoms with Gasteiger partial charge in [-0.2, -0.15) is 5.10 Å². The van der Waals surface area contributed by atoms with Crippen LogP contribution in [0.4, 0.5) is 0 Å². The molecule has 0 radical (unpaired) electrons. The molecular weight excluding hydrogens is 392 g/mol. The number of ether oxygens (including phenoxy) is 1. The summed E-state index contributed by atoms with van der Waals surface area (Å²) in [5.74, 6) is 0.400. The van der Waals surface area contributed by atoms with Gasteiger partial charge in [0, 0.05) is 54.8 Å². The first-order chi connectivity index (χ1) is 15.0. The number of aromatic nitrogens is 5. The van der Waals surface area contributed by atoms with Crippen LogP contribution >= 0.6 is 0 Å². The summed E-state index contributed by atoms with van der Waals surface area (Å²) >= 11 is 0. The molecular formula is C23H24N6O2.